The lowest BCUT2D eigenvalue weighted by molar-refractivity contribution is -0.122. The van der Waals surface area contributed by atoms with Gasteiger partial charge in [-0.05, 0) is 77.3 Å². The highest BCUT2D eigenvalue weighted by Gasteiger charge is 2.27. The predicted octanol–water partition coefficient (Wildman–Crippen LogP) is 3.58. The second-order valence-corrected chi connectivity index (χ2v) is 9.97. The number of aryl methyl sites for hydroxylation is 2. The monoisotopic (exact) mass is 434 g/mol. The number of hydrogen-bond acceptors (Lipinski definition) is 5. The van der Waals surface area contributed by atoms with Crippen LogP contribution >= 0.6 is 0 Å². The van der Waals surface area contributed by atoms with Gasteiger partial charge in [0.15, 0.2) is 5.65 Å². The summed E-state index contributed by atoms with van der Waals surface area (Å²) < 4.78 is 1.96. The van der Waals surface area contributed by atoms with Gasteiger partial charge in [-0.1, -0.05) is 0 Å². The Bertz CT molecular complexity index is 1100. The fourth-order valence-electron chi connectivity index (χ4n) is 4.59. The molecule has 1 atom stereocenters. The number of carbonyl (C=O) groups excluding carboxylic acids is 1. The van der Waals surface area contributed by atoms with Crippen LogP contribution in [0.1, 0.15) is 67.7 Å². The Labute approximate surface area is 190 Å². The molecule has 4 heterocycles. The van der Waals surface area contributed by atoms with Crippen LogP contribution < -0.4 is 5.32 Å². The molecule has 0 saturated carbocycles. The molecule has 1 aliphatic rings. The third kappa shape index (κ3) is 5.15. The van der Waals surface area contributed by atoms with Crippen molar-refractivity contribution >= 4 is 11.6 Å². The molecule has 1 N–H and O–H groups in total. The van der Waals surface area contributed by atoms with Crippen molar-refractivity contribution in [1.29, 1.82) is 0 Å². The van der Waals surface area contributed by atoms with Crippen LogP contribution in [0.2, 0.25) is 0 Å². The van der Waals surface area contributed by atoms with Crippen molar-refractivity contribution in [2.75, 3.05) is 13.1 Å². The molecule has 0 bridgehead atoms. The van der Waals surface area contributed by atoms with Crippen LogP contribution in [0.3, 0.4) is 0 Å². The van der Waals surface area contributed by atoms with Crippen molar-refractivity contribution in [3.63, 3.8) is 0 Å². The first-order chi connectivity index (χ1) is 15.2. The quantitative estimate of drug-likeness (QED) is 0.642. The number of carbonyl (C=O) groups is 1. The van der Waals surface area contributed by atoms with Crippen LogP contribution in [0, 0.1) is 13.8 Å². The fourth-order valence-corrected chi connectivity index (χ4v) is 4.59. The van der Waals surface area contributed by atoms with Crippen LogP contribution in [0.5, 0.6) is 0 Å². The first-order valence-electron chi connectivity index (χ1n) is 11.5. The van der Waals surface area contributed by atoms with Gasteiger partial charge in [0.05, 0.1) is 5.69 Å². The summed E-state index contributed by atoms with van der Waals surface area (Å²) in [6.45, 7) is 13.1. The average Bonchev–Trinajstić information content (AvgIpc) is 3.34. The van der Waals surface area contributed by atoms with Crippen molar-refractivity contribution < 1.29 is 4.79 Å². The van der Waals surface area contributed by atoms with Gasteiger partial charge in [-0.25, -0.2) is 9.50 Å². The average molecular weight is 435 g/mol. The van der Waals surface area contributed by atoms with Crippen LogP contribution in [0.15, 0.2) is 30.6 Å². The third-order valence-corrected chi connectivity index (χ3v) is 6.15. The Balaban J connectivity index is 1.47. The lowest BCUT2D eigenvalue weighted by Crippen LogP contribution is -2.40. The molecule has 7 nitrogen and oxygen atoms in total. The third-order valence-electron chi connectivity index (χ3n) is 6.15. The zero-order chi connectivity index (χ0) is 22.9. The van der Waals surface area contributed by atoms with E-state index >= 15 is 0 Å². The second-order valence-electron chi connectivity index (χ2n) is 9.97. The Hall–Kier alpha value is -2.80. The minimum Gasteiger partial charge on any atom is -0.351 e. The summed E-state index contributed by atoms with van der Waals surface area (Å²) in [5, 5.41) is 7.98. The smallest absolute Gasteiger partial charge is 0.220 e. The molecule has 3 aromatic heterocycles. The minimum absolute atomic E-state index is 0.0674. The summed E-state index contributed by atoms with van der Waals surface area (Å²) in [6.07, 6.45) is 5.93. The topological polar surface area (TPSA) is 75.4 Å². The lowest BCUT2D eigenvalue weighted by atomic mass is 10.0. The molecule has 1 unspecified atom stereocenters. The van der Waals surface area contributed by atoms with Crippen molar-refractivity contribution in [3.8, 4) is 0 Å². The molecule has 170 valence electrons. The van der Waals surface area contributed by atoms with E-state index in [2.05, 4.69) is 40.3 Å². The van der Waals surface area contributed by atoms with E-state index in [1.807, 2.05) is 44.6 Å². The molecule has 0 aromatic carbocycles. The van der Waals surface area contributed by atoms with Gasteiger partial charge in [0.25, 0.3) is 0 Å². The second kappa shape index (κ2) is 8.98. The molecule has 1 saturated heterocycles. The maximum Gasteiger partial charge on any atom is 0.220 e. The molecule has 4 rings (SSSR count). The largest absolute Gasteiger partial charge is 0.351 e. The van der Waals surface area contributed by atoms with Crippen molar-refractivity contribution in [2.24, 2.45) is 0 Å². The van der Waals surface area contributed by atoms with E-state index in [0.29, 0.717) is 18.8 Å². The van der Waals surface area contributed by atoms with E-state index in [0.717, 1.165) is 54.3 Å². The Morgan fingerprint density at radius 1 is 1.22 bits per heavy atom. The molecule has 7 heteroatoms. The van der Waals surface area contributed by atoms with Crippen LogP contribution in [0.4, 0.5) is 0 Å². The summed E-state index contributed by atoms with van der Waals surface area (Å²) in [4.78, 5) is 23.7. The molecule has 1 fully saturated rings. The number of pyridine rings is 1. The van der Waals surface area contributed by atoms with E-state index < -0.39 is 0 Å². The van der Waals surface area contributed by atoms with Gasteiger partial charge in [-0.3, -0.25) is 14.7 Å². The van der Waals surface area contributed by atoms with E-state index in [1.54, 1.807) is 0 Å². The van der Waals surface area contributed by atoms with Crippen LogP contribution in [-0.4, -0.2) is 49.0 Å². The molecule has 0 spiro atoms. The molecular formula is C25H34N6O. The van der Waals surface area contributed by atoms with E-state index in [1.165, 1.54) is 5.56 Å². The molecule has 1 amide bonds. The summed E-state index contributed by atoms with van der Waals surface area (Å²) in [5.41, 5.74) is 6.26. The first kappa shape index (κ1) is 22.4. The first-order valence-corrected chi connectivity index (χ1v) is 11.5. The highest BCUT2D eigenvalue weighted by Crippen LogP contribution is 2.29. The van der Waals surface area contributed by atoms with Crippen LogP contribution in [0.25, 0.3) is 5.65 Å². The maximum absolute atomic E-state index is 12.3. The number of fused-ring (bicyclic) bond motifs is 1. The Morgan fingerprint density at radius 3 is 2.69 bits per heavy atom. The zero-order valence-electron chi connectivity index (χ0n) is 19.9. The SMILES string of the molecule is Cc1nc2cc(C3CCN(Cc4ccncc4)C3)nn2c(C)c1CCC(=O)NC(C)(C)C. The number of nitrogens with one attached hydrogen (secondary N) is 1. The molecule has 0 radical (unpaired) electrons. The van der Waals surface area contributed by atoms with E-state index in [4.69, 9.17) is 10.1 Å². The minimum atomic E-state index is -0.215. The normalized spacial score (nSPS) is 17.2. The number of nitrogens with zero attached hydrogens (tertiary/aromatic N) is 5. The molecule has 1 aliphatic heterocycles. The standard InChI is InChI=1S/C25H34N6O/c1-17-21(6-7-24(32)28-25(3,4)5)18(2)31-23(27-17)14-22(29-31)20-10-13-30(16-20)15-19-8-11-26-12-9-19/h8-9,11-12,14,20H,6-7,10,13,15-16H2,1-5H3,(H,28,32). The molecule has 3 aromatic rings. The molecule has 0 aliphatic carbocycles. The molecule has 32 heavy (non-hydrogen) atoms. The van der Waals surface area contributed by atoms with Gasteiger partial charge in [0.1, 0.15) is 0 Å². The fraction of sp³-hybridized carbons (Fsp3) is 0.520. The van der Waals surface area contributed by atoms with E-state index in [-0.39, 0.29) is 11.4 Å². The number of aromatic nitrogens is 4. The Morgan fingerprint density at radius 2 is 1.97 bits per heavy atom. The lowest BCUT2D eigenvalue weighted by Gasteiger charge is -2.20. The van der Waals surface area contributed by atoms with Gasteiger partial charge in [0.2, 0.25) is 5.91 Å². The van der Waals surface area contributed by atoms with Gasteiger partial charge in [-0.15, -0.1) is 0 Å². The van der Waals surface area contributed by atoms with Gasteiger partial charge in [0, 0.05) is 60.8 Å². The highest BCUT2D eigenvalue weighted by atomic mass is 16.1. The maximum atomic E-state index is 12.3. The van der Waals surface area contributed by atoms with Crippen molar-refractivity contribution in [2.45, 2.75) is 71.9 Å². The number of rotatable bonds is 6. The van der Waals surface area contributed by atoms with Gasteiger partial charge >= 0.3 is 0 Å². The molecular weight excluding hydrogens is 400 g/mol. The van der Waals surface area contributed by atoms with E-state index in [9.17, 15) is 4.79 Å². The van der Waals surface area contributed by atoms with Crippen LogP contribution in [-0.2, 0) is 17.8 Å². The van der Waals surface area contributed by atoms with Crippen molar-refractivity contribution in [1.82, 2.24) is 29.8 Å². The summed E-state index contributed by atoms with van der Waals surface area (Å²) in [6, 6.07) is 6.30. The van der Waals surface area contributed by atoms with Gasteiger partial charge < -0.3 is 5.32 Å². The number of amides is 1. The zero-order valence-corrected chi connectivity index (χ0v) is 19.9. The van der Waals surface area contributed by atoms with Crippen molar-refractivity contribution in [3.05, 3.63) is 58.8 Å². The highest BCUT2D eigenvalue weighted by molar-refractivity contribution is 5.77. The predicted molar refractivity (Wildman–Crippen MR) is 126 cm³/mol. The Kier molecular flexibility index (Phi) is 6.29. The van der Waals surface area contributed by atoms with Gasteiger partial charge in [-0.2, -0.15) is 5.10 Å². The summed E-state index contributed by atoms with van der Waals surface area (Å²) >= 11 is 0. The number of likely N-dealkylation sites (tertiary alicyclic amines) is 1. The summed E-state index contributed by atoms with van der Waals surface area (Å²) in [7, 11) is 0. The summed E-state index contributed by atoms with van der Waals surface area (Å²) in [5.74, 6) is 0.483. The number of hydrogen-bond donors (Lipinski definition) is 1.